The van der Waals surface area contributed by atoms with E-state index in [1.54, 1.807) is 10.7 Å². The van der Waals surface area contributed by atoms with Crippen molar-refractivity contribution in [3.05, 3.63) is 69.2 Å². The van der Waals surface area contributed by atoms with Gasteiger partial charge in [-0.2, -0.15) is 18.6 Å². The number of rotatable bonds is 7. The second-order valence-electron chi connectivity index (χ2n) is 5.76. The summed E-state index contributed by atoms with van der Waals surface area (Å²) in [5, 5.41) is 12.4. The van der Waals surface area contributed by atoms with Gasteiger partial charge in [-0.05, 0) is 30.3 Å². The zero-order valence-electron chi connectivity index (χ0n) is 15.1. The van der Waals surface area contributed by atoms with Gasteiger partial charge < -0.3 is 15.5 Å². The molecule has 30 heavy (non-hydrogen) atoms. The van der Waals surface area contributed by atoms with E-state index in [0.717, 1.165) is 30.3 Å². The maximum absolute atomic E-state index is 13.9. The molecule has 0 aliphatic heterocycles. The van der Waals surface area contributed by atoms with Gasteiger partial charge in [-0.1, -0.05) is 17.7 Å². The van der Waals surface area contributed by atoms with Gasteiger partial charge >= 0.3 is 17.8 Å². The maximum Gasteiger partial charge on any atom is 0.438 e. The zero-order chi connectivity index (χ0) is 22.5. The fraction of sp³-hybridized carbons (Fsp3) is 0.176. The third-order valence-corrected chi connectivity index (χ3v) is 4.01. The van der Waals surface area contributed by atoms with Crippen molar-refractivity contribution in [2.24, 2.45) is 0 Å². The van der Waals surface area contributed by atoms with Crippen LogP contribution in [0.4, 0.5) is 24.5 Å². The van der Waals surface area contributed by atoms with Crippen molar-refractivity contribution in [3.8, 4) is 0 Å². The maximum atomic E-state index is 13.9. The van der Waals surface area contributed by atoms with Gasteiger partial charge in [-0.3, -0.25) is 14.9 Å². The van der Waals surface area contributed by atoms with Crippen LogP contribution in [0.3, 0.4) is 0 Å². The number of amides is 1. The van der Waals surface area contributed by atoms with Crippen LogP contribution in [0.2, 0.25) is 5.02 Å². The second-order valence-corrected chi connectivity index (χ2v) is 6.19. The number of nitrogens with zero attached hydrogens (tertiary/aromatic N) is 1. The Kier molecular flexibility index (Phi) is 6.84. The summed E-state index contributed by atoms with van der Waals surface area (Å²) < 4.78 is 46.0. The molecule has 9 nitrogen and oxygen atoms in total. The van der Waals surface area contributed by atoms with E-state index in [2.05, 4.69) is 10.2 Å². The highest BCUT2D eigenvalue weighted by Gasteiger charge is 2.63. The number of hydrogen-bond acceptors (Lipinski definition) is 7. The molecule has 0 saturated carbocycles. The van der Waals surface area contributed by atoms with Crippen LogP contribution in [0.1, 0.15) is 10.4 Å². The molecular weight excluding hydrogens is 433 g/mol. The molecule has 1 amide bonds. The first-order chi connectivity index (χ1) is 14.0. The van der Waals surface area contributed by atoms with E-state index >= 15 is 0 Å². The van der Waals surface area contributed by atoms with Crippen LogP contribution in [0.15, 0.2) is 48.5 Å². The number of halogens is 4. The van der Waals surface area contributed by atoms with Crippen molar-refractivity contribution in [1.29, 1.82) is 0 Å². The Morgan fingerprint density at radius 3 is 2.27 bits per heavy atom. The average molecular weight is 447 g/mol. The number of nitrogens with one attached hydrogen (secondary N) is 3. The highest BCUT2D eigenvalue weighted by Crippen LogP contribution is 2.30. The quantitative estimate of drug-likeness (QED) is 0.258. The predicted molar refractivity (Wildman–Crippen MR) is 99.6 cm³/mol. The molecule has 0 aliphatic rings. The summed E-state index contributed by atoms with van der Waals surface area (Å²) in [6, 6.07) is 9.31. The standard InChI is InChI=1S/C17H14ClF3N4O5/c1-30-15(27)16(17(19,20)21,22-14(26)10-3-2-4-11(18)9-10)24-23-12-5-7-13(8-6-12)25(28)29/h2-9,23-24H,1H3,(H,22,26)/t16-/m0/s1. The molecular formula is C17H14ClF3N4O5. The first-order valence-corrected chi connectivity index (χ1v) is 8.39. The first kappa shape index (κ1) is 22.9. The van der Waals surface area contributed by atoms with E-state index in [0.29, 0.717) is 7.11 Å². The van der Waals surface area contributed by atoms with E-state index in [1.165, 1.54) is 18.2 Å². The van der Waals surface area contributed by atoms with Gasteiger partial charge in [-0.25, -0.2) is 4.79 Å². The zero-order valence-corrected chi connectivity index (χ0v) is 15.9. The number of methoxy groups -OCH3 is 1. The molecule has 0 aromatic heterocycles. The van der Waals surface area contributed by atoms with Crippen molar-refractivity contribution in [3.63, 3.8) is 0 Å². The molecule has 0 heterocycles. The lowest BCUT2D eigenvalue weighted by Crippen LogP contribution is -2.73. The molecule has 0 radical (unpaired) electrons. The highest BCUT2D eigenvalue weighted by atomic mass is 35.5. The Labute approximate surface area is 172 Å². The number of alkyl halides is 3. The number of carbonyl (C=O) groups is 2. The molecule has 160 valence electrons. The molecule has 0 bridgehead atoms. The smallest absolute Gasteiger partial charge is 0.438 e. The van der Waals surface area contributed by atoms with Crippen molar-refractivity contribution < 1.29 is 32.4 Å². The summed E-state index contributed by atoms with van der Waals surface area (Å²) in [4.78, 5) is 34.5. The third kappa shape index (κ3) is 4.96. The first-order valence-electron chi connectivity index (χ1n) is 8.01. The number of carbonyl (C=O) groups excluding carboxylic acids is 2. The van der Waals surface area contributed by atoms with Crippen molar-refractivity contribution in [1.82, 2.24) is 10.7 Å². The van der Waals surface area contributed by atoms with Crippen LogP contribution >= 0.6 is 11.6 Å². The Hall–Kier alpha value is -3.38. The minimum absolute atomic E-state index is 0.0601. The number of anilines is 1. The molecule has 1 atom stereocenters. The molecule has 2 aromatic carbocycles. The second kappa shape index (κ2) is 8.97. The summed E-state index contributed by atoms with van der Waals surface area (Å²) in [5.41, 5.74) is -0.464. The summed E-state index contributed by atoms with van der Waals surface area (Å²) >= 11 is 5.75. The van der Waals surface area contributed by atoms with Crippen LogP contribution in [0.5, 0.6) is 0 Å². The van der Waals surface area contributed by atoms with Gasteiger partial charge in [0.05, 0.1) is 12.0 Å². The van der Waals surface area contributed by atoms with Gasteiger partial charge in [-0.15, -0.1) is 0 Å². The van der Waals surface area contributed by atoms with Gasteiger partial charge in [0.25, 0.3) is 11.6 Å². The lowest BCUT2D eigenvalue weighted by molar-refractivity contribution is -0.384. The van der Waals surface area contributed by atoms with E-state index in [1.807, 2.05) is 0 Å². The summed E-state index contributed by atoms with van der Waals surface area (Å²) in [6.07, 6.45) is -5.36. The molecule has 2 rings (SSSR count). The van der Waals surface area contributed by atoms with Gasteiger partial charge in [0, 0.05) is 28.4 Å². The van der Waals surface area contributed by atoms with Crippen molar-refractivity contribution in [2.45, 2.75) is 11.8 Å². The number of hydrogen-bond donors (Lipinski definition) is 3. The van der Waals surface area contributed by atoms with Crippen LogP contribution in [0.25, 0.3) is 0 Å². The topological polar surface area (TPSA) is 123 Å². The number of benzene rings is 2. The Morgan fingerprint density at radius 2 is 1.77 bits per heavy atom. The van der Waals surface area contributed by atoms with E-state index in [9.17, 15) is 32.9 Å². The van der Waals surface area contributed by atoms with Crippen LogP contribution in [-0.4, -0.2) is 35.7 Å². The predicted octanol–water partition coefficient (Wildman–Crippen LogP) is 3.03. The van der Waals surface area contributed by atoms with Crippen molar-refractivity contribution >= 4 is 34.9 Å². The Morgan fingerprint density at radius 1 is 1.13 bits per heavy atom. The number of nitro groups is 1. The van der Waals surface area contributed by atoms with Crippen LogP contribution in [-0.2, 0) is 9.53 Å². The fourth-order valence-corrected chi connectivity index (χ4v) is 2.44. The lowest BCUT2D eigenvalue weighted by atomic mass is 10.1. The summed E-state index contributed by atoms with van der Waals surface area (Å²) in [7, 11) is 0.710. The molecule has 13 heteroatoms. The number of esters is 1. The Balaban J connectivity index is 2.36. The molecule has 3 N–H and O–H groups in total. The molecule has 0 fully saturated rings. The average Bonchev–Trinajstić information content (AvgIpc) is 2.69. The molecule has 2 aromatic rings. The summed E-state index contributed by atoms with van der Waals surface area (Å²) in [5.74, 6) is -3.13. The SMILES string of the molecule is COC(=O)[C@@](NNc1ccc([N+](=O)[O-])cc1)(NC(=O)c1cccc(Cl)c1)C(F)(F)F. The van der Waals surface area contributed by atoms with E-state index in [4.69, 9.17) is 11.6 Å². The highest BCUT2D eigenvalue weighted by molar-refractivity contribution is 6.31. The van der Waals surface area contributed by atoms with Crippen LogP contribution < -0.4 is 16.2 Å². The van der Waals surface area contributed by atoms with Crippen molar-refractivity contribution in [2.75, 3.05) is 12.5 Å². The number of hydrazine groups is 1. The van der Waals surface area contributed by atoms with Gasteiger partial charge in [0.2, 0.25) is 0 Å². The number of non-ortho nitro benzene ring substituents is 1. The van der Waals surface area contributed by atoms with E-state index in [-0.39, 0.29) is 22.0 Å². The fourth-order valence-electron chi connectivity index (χ4n) is 2.25. The molecule has 0 aliphatic carbocycles. The third-order valence-electron chi connectivity index (χ3n) is 3.78. The minimum atomic E-state index is -5.36. The lowest BCUT2D eigenvalue weighted by Gasteiger charge is -2.34. The van der Waals surface area contributed by atoms with E-state index < -0.39 is 28.6 Å². The van der Waals surface area contributed by atoms with Gasteiger partial charge in [0.15, 0.2) is 0 Å². The summed E-state index contributed by atoms with van der Waals surface area (Å²) in [6.45, 7) is 0. The number of ether oxygens (including phenoxy) is 1. The molecule has 0 spiro atoms. The normalized spacial score (nSPS) is 13.1. The van der Waals surface area contributed by atoms with Crippen LogP contribution in [0, 0.1) is 10.1 Å². The van der Waals surface area contributed by atoms with Gasteiger partial charge in [0.1, 0.15) is 0 Å². The number of nitro benzene ring substituents is 1. The minimum Gasteiger partial charge on any atom is -0.466 e. The molecule has 0 saturated heterocycles. The largest absolute Gasteiger partial charge is 0.466 e. The Bertz CT molecular complexity index is 955. The monoisotopic (exact) mass is 446 g/mol. The molecule has 0 unspecified atom stereocenters.